The number of carboxylic acid groups (broad SMARTS) is 1. The van der Waals surface area contributed by atoms with Crippen LogP contribution in [0, 0.1) is 6.92 Å². The van der Waals surface area contributed by atoms with Crippen molar-refractivity contribution in [3.8, 4) is 0 Å². The Labute approximate surface area is 127 Å². The van der Waals surface area contributed by atoms with E-state index in [-0.39, 0.29) is 23.0 Å². The highest BCUT2D eigenvalue weighted by Gasteiger charge is 2.20. The highest BCUT2D eigenvalue weighted by molar-refractivity contribution is 7.89. The normalized spacial score (nSPS) is 11.5. The molecule has 0 saturated heterocycles. The van der Waals surface area contributed by atoms with Crippen molar-refractivity contribution in [3.05, 3.63) is 58.0 Å². The summed E-state index contributed by atoms with van der Waals surface area (Å²) in [5.74, 6) is -1.82. The maximum Gasteiger partial charge on any atom is 0.372 e. The average molecular weight is 329 g/mol. The van der Waals surface area contributed by atoms with Crippen molar-refractivity contribution >= 4 is 27.4 Å². The number of sulfone groups is 1. The zero-order valence-corrected chi connectivity index (χ0v) is 12.7. The molecular weight excluding hydrogens is 316 g/mol. The summed E-state index contributed by atoms with van der Waals surface area (Å²) >= 11 is 5.74. The molecule has 21 heavy (non-hydrogen) atoms. The van der Waals surface area contributed by atoms with Crippen LogP contribution in [0.2, 0.25) is 5.02 Å². The highest BCUT2D eigenvalue weighted by Crippen LogP contribution is 2.19. The van der Waals surface area contributed by atoms with Gasteiger partial charge in [0, 0.05) is 10.6 Å². The molecule has 1 heterocycles. The van der Waals surface area contributed by atoms with E-state index < -0.39 is 15.8 Å². The van der Waals surface area contributed by atoms with E-state index in [1.54, 1.807) is 31.2 Å². The van der Waals surface area contributed by atoms with Gasteiger partial charge in [-0.15, -0.1) is 0 Å². The molecule has 0 amide bonds. The van der Waals surface area contributed by atoms with Crippen molar-refractivity contribution in [1.82, 2.24) is 0 Å². The molecule has 0 aliphatic carbocycles. The monoisotopic (exact) mass is 328 g/mol. The first kappa shape index (κ1) is 15.6. The van der Waals surface area contributed by atoms with E-state index in [4.69, 9.17) is 21.1 Å². The van der Waals surface area contributed by atoms with Gasteiger partial charge in [0.05, 0.1) is 5.75 Å². The molecule has 2 aromatic rings. The molecule has 5 nitrogen and oxygen atoms in total. The Morgan fingerprint density at radius 3 is 2.38 bits per heavy atom. The van der Waals surface area contributed by atoms with Crippen LogP contribution in [0.15, 0.2) is 34.7 Å². The van der Waals surface area contributed by atoms with Crippen LogP contribution < -0.4 is 0 Å². The van der Waals surface area contributed by atoms with Crippen LogP contribution in [-0.4, -0.2) is 19.5 Å². The third-order valence-corrected chi connectivity index (χ3v) is 4.57. The minimum atomic E-state index is -3.46. The lowest BCUT2D eigenvalue weighted by Gasteiger charge is -2.03. The van der Waals surface area contributed by atoms with E-state index in [2.05, 4.69) is 0 Å². The lowest BCUT2D eigenvalue weighted by molar-refractivity contribution is 0.0659. The minimum absolute atomic E-state index is 0.124. The van der Waals surface area contributed by atoms with Crippen LogP contribution >= 0.6 is 11.6 Å². The van der Waals surface area contributed by atoms with E-state index in [9.17, 15) is 13.2 Å². The molecule has 0 fully saturated rings. The fraction of sp³-hybridized carbons (Fsp3) is 0.214. The lowest BCUT2D eigenvalue weighted by Crippen LogP contribution is -2.07. The van der Waals surface area contributed by atoms with Crippen molar-refractivity contribution < 1.29 is 22.7 Å². The zero-order chi connectivity index (χ0) is 15.6. The van der Waals surface area contributed by atoms with Crippen LogP contribution in [0.5, 0.6) is 0 Å². The number of hydrogen-bond acceptors (Lipinski definition) is 4. The van der Waals surface area contributed by atoms with E-state index >= 15 is 0 Å². The van der Waals surface area contributed by atoms with Gasteiger partial charge in [-0.25, -0.2) is 13.2 Å². The molecule has 1 N–H and O–H groups in total. The summed E-state index contributed by atoms with van der Waals surface area (Å²) in [5, 5.41) is 9.41. The van der Waals surface area contributed by atoms with E-state index in [0.717, 1.165) is 0 Å². The lowest BCUT2D eigenvalue weighted by atomic mass is 10.2. The molecule has 0 saturated carbocycles. The molecule has 0 bridgehead atoms. The number of hydrogen-bond donors (Lipinski definition) is 1. The number of benzene rings is 1. The molecule has 112 valence electrons. The Balaban J connectivity index is 2.16. The van der Waals surface area contributed by atoms with Crippen LogP contribution in [0.4, 0.5) is 0 Å². The first-order chi connectivity index (χ1) is 9.77. The molecule has 1 aromatic heterocycles. The molecular formula is C14H13ClO5S. The van der Waals surface area contributed by atoms with Gasteiger partial charge in [0.15, 0.2) is 9.84 Å². The minimum Gasteiger partial charge on any atom is -0.475 e. The molecule has 0 unspecified atom stereocenters. The summed E-state index contributed by atoms with van der Waals surface area (Å²) in [7, 11) is -3.46. The quantitative estimate of drug-likeness (QED) is 0.911. The fourth-order valence-corrected chi connectivity index (χ4v) is 3.44. The maximum absolute atomic E-state index is 12.1. The summed E-state index contributed by atoms with van der Waals surface area (Å²) in [6.45, 7) is 1.56. The van der Waals surface area contributed by atoms with Gasteiger partial charge in [0.1, 0.15) is 11.5 Å². The van der Waals surface area contributed by atoms with Gasteiger partial charge in [-0.05, 0) is 30.7 Å². The van der Waals surface area contributed by atoms with Gasteiger partial charge >= 0.3 is 5.97 Å². The predicted octanol–water partition coefficient (Wildman–Crippen LogP) is 3.05. The number of rotatable bonds is 5. The Kier molecular flexibility index (Phi) is 4.39. The van der Waals surface area contributed by atoms with Crippen LogP contribution in [-0.2, 0) is 21.3 Å². The second-order valence-electron chi connectivity index (χ2n) is 4.69. The Bertz CT molecular complexity index is 759. The van der Waals surface area contributed by atoms with Gasteiger partial charge in [-0.1, -0.05) is 23.7 Å². The highest BCUT2D eigenvalue weighted by atomic mass is 35.5. The number of halogens is 1. The summed E-state index contributed by atoms with van der Waals surface area (Å²) in [4.78, 5) is 10.9. The van der Waals surface area contributed by atoms with E-state index in [1.165, 1.54) is 6.07 Å². The standard InChI is InChI=1S/C14H13ClO5S/c1-9-6-12(20-13(9)14(16)17)8-21(18,19)7-10-2-4-11(15)5-3-10/h2-6H,7-8H2,1H3,(H,16,17). The Hall–Kier alpha value is -1.79. The third-order valence-electron chi connectivity index (χ3n) is 2.83. The summed E-state index contributed by atoms with van der Waals surface area (Å²) < 4.78 is 29.3. The number of aryl methyl sites for hydroxylation is 1. The Morgan fingerprint density at radius 2 is 1.86 bits per heavy atom. The molecule has 0 spiro atoms. The molecule has 0 atom stereocenters. The second-order valence-corrected chi connectivity index (χ2v) is 7.19. The van der Waals surface area contributed by atoms with E-state index in [0.29, 0.717) is 16.1 Å². The summed E-state index contributed by atoms with van der Waals surface area (Å²) in [5.41, 5.74) is 1.01. The van der Waals surface area contributed by atoms with Gasteiger partial charge < -0.3 is 9.52 Å². The fourth-order valence-electron chi connectivity index (χ4n) is 1.93. The van der Waals surface area contributed by atoms with E-state index in [1.807, 2.05) is 0 Å². The largest absolute Gasteiger partial charge is 0.475 e. The molecule has 0 aliphatic rings. The van der Waals surface area contributed by atoms with Crippen molar-refractivity contribution in [2.75, 3.05) is 0 Å². The smallest absolute Gasteiger partial charge is 0.372 e. The number of aromatic carboxylic acids is 1. The van der Waals surface area contributed by atoms with Crippen molar-refractivity contribution in [3.63, 3.8) is 0 Å². The maximum atomic E-state index is 12.1. The first-order valence-corrected chi connectivity index (χ1v) is 8.24. The number of carbonyl (C=O) groups is 1. The molecule has 0 aliphatic heterocycles. The molecule has 0 radical (unpaired) electrons. The first-order valence-electron chi connectivity index (χ1n) is 6.04. The predicted molar refractivity (Wildman–Crippen MR) is 78.2 cm³/mol. The van der Waals surface area contributed by atoms with Crippen LogP contribution in [0.1, 0.15) is 27.4 Å². The van der Waals surface area contributed by atoms with Gasteiger partial charge in [0.25, 0.3) is 0 Å². The second kappa shape index (κ2) is 5.91. The number of carboxylic acids is 1. The Morgan fingerprint density at radius 1 is 1.24 bits per heavy atom. The van der Waals surface area contributed by atoms with Crippen LogP contribution in [0.3, 0.4) is 0 Å². The zero-order valence-electron chi connectivity index (χ0n) is 11.2. The molecule has 1 aromatic carbocycles. The summed E-state index contributed by atoms with van der Waals surface area (Å²) in [6.07, 6.45) is 0. The number of furan rings is 1. The van der Waals surface area contributed by atoms with Crippen molar-refractivity contribution in [2.24, 2.45) is 0 Å². The van der Waals surface area contributed by atoms with Crippen LogP contribution in [0.25, 0.3) is 0 Å². The third kappa shape index (κ3) is 4.09. The van der Waals surface area contributed by atoms with Gasteiger partial charge in [-0.3, -0.25) is 0 Å². The SMILES string of the molecule is Cc1cc(CS(=O)(=O)Cc2ccc(Cl)cc2)oc1C(=O)O. The van der Waals surface area contributed by atoms with Crippen molar-refractivity contribution in [1.29, 1.82) is 0 Å². The van der Waals surface area contributed by atoms with Gasteiger partial charge in [0.2, 0.25) is 5.76 Å². The average Bonchev–Trinajstić information content (AvgIpc) is 2.72. The van der Waals surface area contributed by atoms with Gasteiger partial charge in [-0.2, -0.15) is 0 Å². The molecule has 7 heteroatoms. The molecule has 2 rings (SSSR count). The summed E-state index contributed by atoms with van der Waals surface area (Å²) in [6, 6.07) is 7.94. The van der Waals surface area contributed by atoms with Crippen molar-refractivity contribution in [2.45, 2.75) is 18.4 Å². The topological polar surface area (TPSA) is 84.6 Å².